The van der Waals surface area contributed by atoms with Crippen molar-refractivity contribution < 1.29 is 19.1 Å². The summed E-state index contributed by atoms with van der Waals surface area (Å²) in [5.41, 5.74) is 0. The van der Waals surface area contributed by atoms with E-state index in [0.29, 0.717) is 37.7 Å². The van der Waals surface area contributed by atoms with E-state index in [1.165, 1.54) is 0 Å². The fraction of sp³-hybridized carbons (Fsp3) is 0.500. The summed E-state index contributed by atoms with van der Waals surface area (Å²) in [4.78, 5) is 27.2. The Labute approximate surface area is 130 Å². The lowest BCUT2D eigenvalue weighted by Gasteiger charge is -2.21. The first-order valence-electron chi connectivity index (χ1n) is 7.41. The van der Waals surface area contributed by atoms with Crippen LogP contribution in [0.2, 0.25) is 0 Å². The van der Waals surface area contributed by atoms with E-state index >= 15 is 0 Å². The lowest BCUT2D eigenvalue weighted by Crippen LogP contribution is -2.38. The van der Waals surface area contributed by atoms with Crippen molar-refractivity contribution in [2.75, 3.05) is 39.9 Å². The molecule has 0 bridgehead atoms. The van der Waals surface area contributed by atoms with Crippen LogP contribution in [0, 0.1) is 0 Å². The molecule has 1 aliphatic rings. The third-order valence-corrected chi connectivity index (χ3v) is 3.71. The molecular weight excluding hydrogens is 284 g/mol. The molecule has 0 aliphatic carbocycles. The number of carbonyl (C=O) groups is 2. The van der Waals surface area contributed by atoms with Crippen LogP contribution in [0.1, 0.15) is 13.3 Å². The zero-order chi connectivity index (χ0) is 15.9. The first kappa shape index (κ1) is 16.1. The molecule has 6 heteroatoms. The van der Waals surface area contributed by atoms with Crippen LogP contribution >= 0.6 is 0 Å². The largest absolute Gasteiger partial charge is 0.493 e. The second-order valence-corrected chi connectivity index (χ2v) is 5.18. The van der Waals surface area contributed by atoms with Crippen molar-refractivity contribution in [3.05, 3.63) is 24.3 Å². The van der Waals surface area contributed by atoms with E-state index in [1.54, 1.807) is 36.0 Å². The summed E-state index contributed by atoms with van der Waals surface area (Å²) < 4.78 is 10.8. The topological polar surface area (TPSA) is 59.1 Å². The van der Waals surface area contributed by atoms with E-state index in [-0.39, 0.29) is 18.4 Å². The molecular formula is C16H22N2O4. The second kappa shape index (κ2) is 7.68. The first-order valence-corrected chi connectivity index (χ1v) is 7.41. The van der Waals surface area contributed by atoms with Crippen LogP contribution in [-0.4, -0.2) is 61.5 Å². The third kappa shape index (κ3) is 4.13. The predicted octanol–water partition coefficient (Wildman–Crippen LogP) is 1.15. The normalized spacial score (nSPS) is 15.2. The first-order chi connectivity index (χ1) is 10.6. The molecule has 1 fully saturated rings. The SMILES string of the molecule is COc1ccccc1OCC(=O)N1CCCN(C(C)=O)CC1. The molecule has 0 spiro atoms. The van der Waals surface area contributed by atoms with Crippen molar-refractivity contribution in [3.63, 3.8) is 0 Å². The molecule has 2 rings (SSSR count). The summed E-state index contributed by atoms with van der Waals surface area (Å²) in [6.07, 6.45) is 0.792. The van der Waals surface area contributed by atoms with E-state index in [4.69, 9.17) is 9.47 Å². The van der Waals surface area contributed by atoms with E-state index in [0.717, 1.165) is 6.42 Å². The molecule has 0 atom stereocenters. The van der Waals surface area contributed by atoms with Crippen LogP contribution in [-0.2, 0) is 9.59 Å². The molecule has 0 saturated carbocycles. The van der Waals surface area contributed by atoms with Gasteiger partial charge in [0, 0.05) is 33.1 Å². The Morgan fingerprint density at radius 1 is 1.05 bits per heavy atom. The van der Waals surface area contributed by atoms with Gasteiger partial charge < -0.3 is 19.3 Å². The van der Waals surface area contributed by atoms with Crippen LogP contribution in [0.3, 0.4) is 0 Å². The van der Waals surface area contributed by atoms with E-state index in [9.17, 15) is 9.59 Å². The molecule has 120 valence electrons. The number of rotatable bonds is 4. The summed E-state index contributed by atoms with van der Waals surface area (Å²) in [5, 5.41) is 0. The van der Waals surface area contributed by atoms with Gasteiger partial charge in [0.25, 0.3) is 5.91 Å². The molecule has 1 aromatic carbocycles. The van der Waals surface area contributed by atoms with Gasteiger partial charge in [0.15, 0.2) is 18.1 Å². The van der Waals surface area contributed by atoms with Crippen molar-refractivity contribution in [2.45, 2.75) is 13.3 Å². The lowest BCUT2D eigenvalue weighted by molar-refractivity contribution is -0.134. The molecule has 0 N–H and O–H groups in total. The fourth-order valence-corrected chi connectivity index (χ4v) is 2.45. The highest BCUT2D eigenvalue weighted by atomic mass is 16.5. The quantitative estimate of drug-likeness (QED) is 0.837. The van der Waals surface area contributed by atoms with Gasteiger partial charge >= 0.3 is 0 Å². The lowest BCUT2D eigenvalue weighted by atomic mass is 10.3. The van der Waals surface area contributed by atoms with Crippen LogP contribution in [0.15, 0.2) is 24.3 Å². The third-order valence-electron chi connectivity index (χ3n) is 3.71. The van der Waals surface area contributed by atoms with Gasteiger partial charge in [0.1, 0.15) is 0 Å². The molecule has 1 saturated heterocycles. The highest BCUT2D eigenvalue weighted by Gasteiger charge is 2.20. The minimum atomic E-state index is -0.0729. The Balaban J connectivity index is 1.88. The Hall–Kier alpha value is -2.24. The minimum Gasteiger partial charge on any atom is -0.493 e. The number of hydrogen-bond acceptors (Lipinski definition) is 4. The van der Waals surface area contributed by atoms with Crippen molar-refractivity contribution >= 4 is 11.8 Å². The Morgan fingerprint density at radius 2 is 1.68 bits per heavy atom. The van der Waals surface area contributed by atoms with Gasteiger partial charge in [-0.25, -0.2) is 0 Å². The van der Waals surface area contributed by atoms with Gasteiger partial charge in [0.05, 0.1) is 7.11 Å². The molecule has 0 radical (unpaired) electrons. The maximum absolute atomic E-state index is 12.3. The molecule has 0 unspecified atom stereocenters. The molecule has 2 amide bonds. The zero-order valence-electron chi connectivity index (χ0n) is 13.1. The second-order valence-electron chi connectivity index (χ2n) is 5.18. The van der Waals surface area contributed by atoms with Crippen LogP contribution < -0.4 is 9.47 Å². The summed E-state index contributed by atoms with van der Waals surface area (Å²) in [5.74, 6) is 1.14. The van der Waals surface area contributed by atoms with Gasteiger partial charge in [0.2, 0.25) is 5.91 Å². The molecule has 1 aliphatic heterocycles. The van der Waals surface area contributed by atoms with Crippen LogP contribution in [0.25, 0.3) is 0 Å². The van der Waals surface area contributed by atoms with Gasteiger partial charge in [-0.2, -0.15) is 0 Å². The highest BCUT2D eigenvalue weighted by Crippen LogP contribution is 2.25. The number of ether oxygens (including phenoxy) is 2. The monoisotopic (exact) mass is 306 g/mol. The average molecular weight is 306 g/mol. The minimum absolute atomic E-state index is 0.0273. The predicted molar refractivity (Wildman–Crippen MR) is 81.9 cm³/mol. The zero-order valence-corrected chi connectivity index (χ0v) is 13.1. The molecule has 0 aromatic heterocycles. The summed E-state index contributed by atoms with van der Waals surface area (Å²) in [6.45, 7) is 4.01. The molecule has 1 heterocycles. The summed E-state index contributed by atoms with van der Waals surface area (Å²) in [7, 11) is 1.56. The Bertz CT molecular complexity index is 533. The number of para-hydroxylation sites is 2. The van der Waals surface area contributed by atoms with Crippen molar-refractivity contribution in [1.82, 2.24) is 9.80 Å². The number of methoxy groups -OCH3 is 1. The number of hydrogen-bond donors (Lipinski definition) is 0. The number of amides is 2. The van der Waals surface area contributed by atoms with E-state index in [2.05, 4.69) is 0 Å². The Kier molecular flexibility index (Phi) is 5.63. The van der Waals surface area contributed by atoms with Crippen molar-refractivity contribution in [2.24, 2.45) is 0 Å². The van der Waals surface area contributed by atoms with Crippen LogP contribution in [0.4, 0.5) is 0 Å². The molecule has 22 heavy (non-hydrogen) atoms. The highest BCUT2D eigenvalue weighted by molar-refractivity contribution is 5.78. The van der Waals surface area contributed by atoms with Gasteiger partial charge in [-0.1, -0.05) is 12.1 Å². The number of benzene rings is 1. The molecule has 6 nitrogen and oxygen atoms in total. The fourth-order valence-electron chi connectivity index (χ4n) is 2.45. The Morgan fingerprint density at radius 3 is 2.36 bits per heavy atom. The summed E-state index contributed by atoms with van der Waals surface area (Å²) in [6, 6.07) is 7.24. The maximum Gasteiger partial charge on any atom is 0.260 e. The molecule has 1 aromatic rings. The maximum atomic E-state index is 12.3. The van der Waals surface area contributed by atoms with Gasteiger partial charge in [-0.3, -0.25) is 9.59 Å². The standard InChI is InChI=1S/C16H22N2O4/c1-13(19)17-8-5-9-18(11-10-17)16(20)12-22-15-7-4-3-6-14(15)21-2/h3-4,6-7H,5,8-12H2,1-2H3. The number of nitrogens with zero attached hydrogens (tertiary/aromatic N) is 2. The summed E-state index contributed by atoms with van der Waals surface area (Å²) >= 11 is 0. The van der Waals surface area contributed by atoms with Gasteiger partial charge in [-0.05, 0) is 18.6 Å². The van der Waals surface area contributed by atoms with E-state index in [1.807, 2.05) is 12.1 Å². The van der Waals surface area contributed by atoms with E-state index < -0.39 is 0 Å². The smallest absolute Gasteiger partial charge is 0.260 e. The number of carbonyl (C=O) groups excluding carboxylic acids is 2. The van der Waals surface area contributed by atoms with Crippen molar-refractivity contribution in [1.29, 1.82) is 0 Å². The van der Waals surface area contributed by atoms with Crippen molar-refractivity contribution in [3.8, 4) is 11.5 Å². The van der Waals surface area contributed by atoms with Gasteiger partial charge in [-0.15, -0.1) is 0 Å². The van der Waals surface area contributed by atoms with Crippen LogP contribution in [0.5, 0.6) is 11.5 Å². The average Bonchev–Trinajstić information content (AvgIpc) is 2.79.